The smallest absolute Gasteiger partial charge is 0.239 e. The third kappa shape index (κ3) is 4.55. The molecule has 0 aliphatic carbocycles. The van der Waals surface area contributed by atoms with Crippen molar-refractivity contribution in [3.05, 3.63) is 47.1 Å². The SMILES string of the molecule is O=C(CN1CCCCC1C1OCCO1)Nc1ccnn1Cc1ccccc1Cl. The van der Waals surface area contributed by atoms with Gasteiger partial charge >= 0.3 is 0 Å². The molecule has 1 aromatic carbocycles. The van der Waals surface area contributed by atoms with Crippen molar-refractivity contribution >= 4 is 23.3 Å². The van der Waals surface area contributed by atoms with Gasteiger partial charge in [-0.15, -0.1) is 0 Å². The number of nitrogens with zero attached hydrogens (tertiary/aromatic N) is 3. The molecule has 1 amide bonds. The van der Waals surface area contributed by atoms with Crippen molar-refractivity contribution in [1.29, 1.82) is 0 Å². The standard InChI is InChI=1S/C20H25ClN4O3/c21-16-6-2-1-5-15(16)13-25-18(8-9-22-25)23-19(26)14-24-10-4-3-7-17(24)20-27-11-12-28-20/h1-2,5-6,8-9,17,20H,3-4,7,10-14H2,(H,23,26). The van der Waals surface area contributed by atoms with Gasteiger partial charge in [0.25, 0.3) is 0 Å². The maximum Gasteiger partial charge on any atom is 0.239 e. The highest BCUT2D eigenvalue weighted by atomic mass is 35.5. The lowest BCUT2D eigenvalue weighted by molar-refractivity contribution is -0.127. The van der Waals surface area contributed by atoms with Crippen LogP contribution in [-0.4, -0.2) is 59.2 Å². The van der Waals surface area contributed by atoms with Gasteiger partial charge in [0.05, 0.1) is 38.5 Å². The predicted octanol–water partition coefficient (Wildman–Crippen LogP) is 2.75. The first-order valence-electron chi connectivity index (χ1n) is 9.73. The van der Waals surface area contributed by atoms with Crippen LogP contribution in [0, 0.1) is 0 Å². The van der Waals surface area contributed by atoms with E-state index in [1.54, 1.807) is 16.9 Å². The Hall–Kier alpha value is -1.93. The Morgan fingerprint density at radius 2 is 2.04 bits per heavy atom. The van der Waals surface area contributed by atoms with Crippen LogP contribution in [0.4, 0.5) is 5.82 Å². The molecule has 8 heteroatoms. The molecule has 0 radical (unpaired) electrons. The number of ether oxygens (including phenoxy) is 2. The van der Waals surface area contributed by atoms with E-state index >= 15 is 0 Å². The molecule has 1 aromatic heterocycles. The second-order valence-corrected chi connectivity index (χ2v) is 7.56. The molecule has 0 spiro atoms. The Morgan fingerprint density at radius 3 is 2.86 bits per heavy atom. The predicted molar refractivity (Wildman–Crippen MR) is 106 cm³/mol. The zero-order valence-corrected chi connectivity index (χ0v) is 16.5. The van der Waals surface area contributed by atoms with Crippen LogP contribution in [0.2, 0.25) is 5.02 Å². The fourth-order valence-electron chi connectivity index (χ4n) is 3.84. The van der Waals surface area contributed by atoms with Crippen molar-refractivity contribution < 1.29 is 14.3 Å². The first kappa shape index (κ1) is 19.4. The quantitative estimate of drug-likeness (QED) is 0.801. The zero-order chi connectivity index (χ0) is 19.3. The van der Waals surface area contributed by atoms with Gasteiger partial charge in [0.1, 0.15) is 5.82 Å². The van der Waals surface area contributed by atoms with E-state index in [4.69, 9.17) is 21.1 Å². The van der Waals surface area contributed by atoms with Gasteiger partial charge in [-0.05, 0) is 31.0 Å². The van der Waals surface area contributed by atoms with Crippen LogP contribution in [0.25, 0.3) is 0 Å². The topological polar surface area (TPSA) is 68.6 Å². The molecule has 2 fully saturated rings. The molecular formula is C20H25ClN4O3. The fourth-order valence-corrected chi connectivity index (χ4v) is 4.04. The number of halogens is 1. The van der Waals surface area contributed by atoms with Crippen LogP contribution in [0.1, 0.15) is 24.8 Å². The minimum atomic E-state index is -0.223. The number of anilines is 1. The number of amides is 1. The van der Waals surface area contributed by atoms with Crippen molar-refractivity contribution in [2.75, 3.05) is 31.6 Å². The summed E-state index contributed by atoms with van der Waals surface area (Å²) in [6, 6.07) is 9.57. The number of hydrogen-bond donors (Lipinski definition) is 1. The summed E-state index contributed by atoms with van der Waals surface area (Å²) in [4.78, 5) is 14.9. The van der Waals surface area contributed by atoms with Gasteiger partial charge in [-0.25, -0.2) is 4.68 Å². The minimum absolute atomic E-state index is 0.0641. The van der Waals surface area contributed by atoms with Gasteiger partial charge in [0.15, 0.2) is 6.29 Å². The largest absolute Gasteiger partial charge is 0.349 e. The van der Waals surface area contributed by atoms with E-state index in [2.05, 4.69) is 15.3 Å². The first-order chi connectivity index (χ1) is 13.7. The molecule has 1 atom stereocenters. The first-order valence-corrected chi connectivity index (χ1v) is 10.1. The van der Waals surface area contributed by atoms with E-state index in [1.165, 1.54) is 0 Å². The number of aromatic nitrogens is 2. The Balaban J connectivity index is 1.38. The lowest BCUT2D eigenvalue weighted by Gasteiger charge is -2.37. The zero-order valence-electron chi connectivity index (χ0n) is 15.7. The monoisotopic (exact) mass is 404 g/mol. The molecule has 1 N–H and O–H groups in total. The molecular weight excluding hydrogens is 380 g/mol. The Bertz CT molecular complexity index is 806. The van der Waals surface area contributed by atoms with E-state index in [9.17, 15) is 4.79 Å². The average Bonchev–Trinajstić information content (AvgIpc) is 3.37. The van der Waals surface area contributed by atoms with Crippen LogP contribution < -0.4 is 5.32 Å². The highest BCUT2D eigenvalue weighted by Crippen LogP contribution is 2.24. The van der Waals surface area contributed by atoms with Crippen LogP contribution in [0.5, 0.6) is 0 Å². The summed E-state index contributed by atoms with van der Waals surface area (Å²) >= 11 is 6.25. The molecule has 0 bridgehead atoms. The fraction of sp³-hybridized carbons (Fsp3) is 0.500. The molecule has 0 saturated carbocycles. The molecule has 28 heavy (non-hydrogen) atoms. The summed E-state index contributed by atoms with van der Waals surface area (Å²) in [5.74, 6) is 0.595. The highest BCUT2D eigenvalue weighted by Gasteiger charge is 2.34. The number of carbonyl (C=O) groups is 1. The summed E-state index contributed by atoms with van der Waals surface area (Å²) in [5, 5.41) is 7.99. The molecule has 4 rings (SSSR count). The van der Waals surface area contributed by atoms with E-state index in [0.29, 0.717) is 37.1 Å². The van der Waals surface area contributed by atoms with Crippen molar-refractivity contribution in [2.24, 2.45) is 0 Å². The van der Waals surface area contributed by atoms with Crippen molar-refractivity contribution in [3.63, 3.8) is 0 Å². The summed E-state index contributed by atoms with van der Waals surface area (Å²) in [6.45, 7) is 2.94. The molecule has 2 aromatic rings. The van der Waals surface area contributed by atoms with Gasteiger partial charge in [-0.3, -0.25) is 9.69 Å². The lowest BCUT2D eigenvalue weighted by Crippen LogP contribution is -2.50. The number of likely N-dealkylation sites (tertiary alicyclic amines) is 1. The molecule has 2 aliphatic heterocycles. The summed E-state index contributed by atoms with van der Waals surface area (Å²) in [6.07, 6.45) is 4.66. The van der Waals surface area contributed by atoms with Gasteiger partial charge in [-0.2, -0.15) is 5.10 Å². The number of piperidine rings is 1. The maximum absolute atomic E-state index is 12.7. The summed E-state index contributed by atoms with van der Waals surface area (Å²) in [7, 11) is 0. The summed E-state index contributed by atoms with van der Waals surface area (Å²) in [5.41, 5.74) is 0.954. The molecule has 2 saturated heterocycles. The third-order valence-electron chi connectivity index (χ3n) is 5.23. The molecule has 3 heterocycles. The van der Waals surface area contributed by atoms with Gasteiger partial charge < -0.3 is 14.8 Å². The van der Waals surface area contributed by atoms with Gasteiger partial charge in [0.2, 0.25) is 5.91 Å². The minimum Gasteiger partial charge on any atom is -0.349 e. The van der Waals surface area contributed by atoms with Crippen LogP contribution in [-0.2, 0) is 20.8 Å². The van der Waals surface area contributed by atoms with Crippen molar-refractivity contribution in [3.8, 4) is 0 Å². The van der Waals surface area contributed by atoms with Crippen LogP contribution in [0.3, 0.4) is 0 Å². The Morgan fingerprint density at radius 1 is 1.21 bits per heavy atom. The van der Waals surface area contributed by atoms with E-state index in [0.717, 1.165) is 31.4 Å². The number of benzene rings is 1. The normalized spacial score (nSPS) is 21.1. The van der Waals surface area contributed by atoms with Crippen LogP contribution in [0.15, 0.2) is 36.5 Å². The molecule has 2 aliphatic rings. The second-order valence-electron chi connectivity index (χ2n) is 7.16. The second kappa shape index (κ2) is 9.05. The Labute approximate surface area is 169 Å². The van der Waals surface area contributed by atoms with Crippen LogP contribution >= 0.6 is 11.6 Å². The third-order valence-corrected chi connectivity index (χ3v) is 5.60. The molecule has 7 nitrogen and oxygen atoms in total. The number of rotatable bonds is 6. The number of carbonyl (C=O) groups excluding carboxylic acids is 1. The van der Waals surface area contributed by atoms with Gasteiger partial charge in [-0.1, -0.05) is 36.2 Å². The lowest BCUT2D eigenvalue weighted by atomic mass is 10.0. The number of hydrogen-bond acceptors (Lipinski definition) is 5. The van der Waals surface area contributed by atoms with Gasteiger partial charge in [0, 0.05) is 11.1 Å². The maximum atomic E-state index is 12.7. The van der Waals surface area contributed by atoms with Crippen molar-refractivity contribution in [1.82, 2.24) is 14.7 Å². The van der Waals surface area contributed by atoms with Crippen molar-refractivity contribution in [2.45, 2.75) is 38.1 Å². The summed E-state index contributed by atoms with van der Waals surface area (Å²) < 4.78 is 13.1. The number of nitrogens with one attached hydrogen (secondary N) is 1. The Kier molecular flexibility index (Phi) is 6.26. The average molecular weight is 405 g/mol. The molecule has 1 unspecified atom stereocenters. The molecule has 150 valence electrons. The van der Waals surface area contributed by atoms with E-state index in [-0.39, 0.29) is 18.2 Å². The van der Waals surface area contributed by atoms with E-state index < -0.39 is 0 Å². The van der Waals surface area contributed by atoms with E-state index in [1.807, 2.05) is 24.3 Å². The highest BCUT2D eigenvalue weighted by molar-refractivity contribution is 6.31.